The highest BCUT2D eigenvalue weighted by Crippen LogP contribution is 2.36. The number of ether oxygens (including phenoxy) is 2. The molecule has 1 aliphatic carbocycles. The topological polar surface area (TPSA) is 84.9 Å². The summed E-state index contributed by atoms with van der Waals surface area (Å²) in [4.78, 5) is 13.8. The lowest BCUT2D eigenvalue weighted by Crippen LogP contribution is -2.58. The van der Waals surface area contributed by atoms with Crippen LogP contribution in [-0.4, -0.2) is 63.2 Å². The van der Waals surface area contributed by atoms with Crippen LogP contribution in [0, 0.1) is 0 Å². The third kappa shape index (κ3) is 7.86. The van der Waals surface area contributed by atoms with E-state index in [0.29, 0.717) is 19.4 Å². The Morgan fingerprint density at radius 3 is 2.48 bits per heavy atom. The second kappa shape index (κ2) is 10.6. The fourth-order valence-corrected chi connectivity index (χ4v) is 5.65. The van der Waals surface area contributed by atoms with Gasteiger partial charge >= 0.3 is 6.36 Å². The van der Waals surface area contributed by atoms with E-state index in [2.05, 4.69) is 9.46 Å². The summed E-state index contributed by atoms with van der Waals surface area (Å²) in [7, 11) is -3.43. The van der Waals surface area contributed by atoms with Crippen molar-refractivity contribution in [2.24, 2.45) is 0 Å². The van der Waals surface area contributed by atoms with Gasteiger partial charge in [0.15, 0.2) is 0 Å². The molecule has 2 fully saturated rings. The summed E-state index contributed by atoms with van der Waals surface area (Å²) >= 11 is 0. The Labute approximate surface area is 192 Å². The fourth-order valence-electron chi connectivity index (χ4n) is 4.83. The molecule has 1 heterocycles. The molecule has 0 bridgehead atoms. The van der Waals surface area contributed by atoms with Gasteiger partial charge in [-0.05, 0) is 62.1 Å². The number of rotatable bonds is 7. The van der Waals surface area contributed by atoms with Crippen molar-refractivity contribution in [2.75, 3.05) is 19.4 Å². The lowest BCUT2D eigenvalue weighted by atomic mass is 9.82. The molecule has 33 heavy (non-hydrogen) atoms. The van der Waals surface area contributed by atoms with Crippen LogP contribution in [0.4, 0.5) is 13.2 Å². The zero-order valence-electron chi connectivity index (χ0n) is 18.8. The smallest absolute Gasteiger partial charge is 0.406 e. The molecule has 0 unspecified atom stereocenters. The van der Waals surface area contributed by atoms with Gasteiger partial charge in [-0.3, -0.25) is 4.79 Å². The number of nitrogens with one attached hydrogen (secondary N) is 1. The number of hydrogen-bond acceptors (Lipinski definition) is 5. The van der Waals surface area contributed by atoms with E-state index in [4.69, 9.17) is 4.74 Å². The van der Waals surface area contributed by atoms with Gasteiger partial charge in [0.25, 0.3) is 0 Å². The van der Waals surface area contributed by atoms with Crippen molar-refractivity contribution in [3.63, 3.8) is 0 Å². The highest BCUT2D eigenvalue weighted by atomic mass is 32.2. The largest absolute Gasteiger partial charge is 0.573 e. The maximum Gasteiger partial charge on any atom is 0.573 e. The van der Waals surface area contributed by atoms with Crippen LogP contribution in [0.2, 0.25) is 0 Å². The molecule has 1 amide bonds. The molecule has 2 atom stereocenters. The van der Waals surface area contributed by atoms with Gasteiger partial charge in [-0.15, -0.1) is 13.2 Å². The molecule has 3 rings (SSSR count). The van der Waals surface area contributed by atoms with Crippen LogP contribution in [0.3, 0.4) is 0 Å². The van der Waals surface area contributed by atoms with Crippen LogP contribution in [0.15, 0.2) is 24.3 Å². The number of carbonyl (C=O) groups excluding carboxylic acids is 1. The molecule has 0 spiro atoms. The first kappa shape index (κ1) is 25.8. The molecule has 0 aromatic heterocycles. The van der Waals surface area contributed by atoms with Crippen molar-refractivity contribution in [1.82, 2.24) is 9.62 Å². The number of hydrogen-bond donors (Lipinski definition) is 1. The van der Waals surface area contributed by atoms with Crippen LogP contribution in [-0.2, 0) is 19.6 Å². The number of halogens is 3. The van der Waals surface area contributed by atoms with E-state index in [-0.39, 0.29) is 36.3 Å². The molecule has 11 heteroatoms. The molecule has 1 aliphatic heterocycles. The number of piperidine rings is 1. The first-order valence-corrected chi connectivity index (χ1v) is 13.0. The monoisotopic (exact) mass is 492 g/mol. The fraction of sp³-hybridized carbons (Fsp3) is 0.682. The Morgan fingerprint density at radius 1 is 1.18 bits per heavy atom. The predicted molar refractivity (Wildman–Crippen MR) is 116 cm³/mol. The lowest BCUT2D eigenvalue weighted by Gasteiger charge is -2.41. The summed E-state index contributed by atoms with van der Waals surface area (Å²) in [6.07, 6.45) is 0.648. The standard InChI is InChI=1S/C22H31F3N2O5S/c1-15(28)27-12-4-7-20(26-33(2,29)30)21(27)14-31-18-10-8-16(9-11-18)17-5-3-6-19(13-17)32-22(23,24)25/h3,5-6,13,16,18,20-21,26H,4,7-12,14H2,1-2H3/t16-,18+,20-,21-/m0/s1. The van der Waals surface area contributed by atoms with Gasteiger partial charge in [-0.25, -0.2) is 13.1 Å². The van der Waals surface area contributed by atoms with Crippen LogP contribution in [0.5, 0.6) is 5.75 Å². The van der Waals surface area contributed by atoms with Gasteiger partial charge in [0.2, 0.25) is 15.9 Å². The van der Waals surface area contributed by atoms with Gasteiger partial charge in [-0.1, -0.05) is 12.1 Å². The zero-order chi connectivity index (χ0) is 24.2. The normalized spacial score (nSPS) is 26.8. The van der Waals surface area contributed by atoms with Crippen LogP contribution in [0.1, 0.15) is 56.9 Å². The van der Waals surface area contributed by atoms with Crippen molar-refractivity contribution in [3.8, 4) is 5.75 Å². The Balaban J connectivity index is 1.56. The molecule has 1 saturated heterocycles. The van der Waals surface area contributed by atoms with Crippen molar-refractivity contribution in [1.29, 1.82) is 0 Å². The minimum atomic E-state index is -4.72. The van der Waals surface area contributed by atoms with Gasteiger partial charge in [0.05, 0.1) is 25.0 Å². The minimum Gasteiger partial charge on any atom is -0.406 e. The van der Waals surface area contributed by atoms with Crippen molar-refractivity contribution in [3.05, 3.63) is 29.8 Å². The van der Waals surface area contributed by atoms with Crippen molar-refractivity contribution in [2.45, 2.75) is 75.9 Å². The highest BCUT2D eigenvalue weighted by molar-refractivity contribution is 7.88. The van der Waals surface area contributed by atoms with Gasteiger partial charge in [0.1, 0.15) is 5.75 Å². The van der Waals surface area contributed by atoms with Crippen LogP contribution in [0.25, 0.3) is 0 Å². The Morgan fingerprint density at radius 2 is 1.88 bits per heavy atom. The van der Waals surface area contributed by atoms with Gasteiger partial charge < -0.3 is 14.4 Å². The predicted octanol–water partition coefficient (Wildman–Crippen LogP) is 3.56. The number of likely N-dealkylation sites (tertiary alicyclic amines) is 1. The number of benzene rings is 1. The van der Waals surface area contributed by atoms with E-state index in [1.165, 1.54) is 19.1 Å². The SMILES string of the molecule is CC(=O)N1CCC[C@H](NS(C)(=O)=O)[C@@H]1CO[C@H]1CC[C@@H](c2cccc(OC(F)(F)F)c2)CC1. The summed E-state index contributed by atoms with van der Waals surface area (Å²) in [5.41, 5.74) is 0.808. The molecule has 1 saturated carbocycles. The number of sulfonamides is 1. The van der Waals surface area contributed by atoms with Gasteiger partial charge in [-0.2, -0.15) is 0 Å². The van der Waals surface area contributed by atoms with E-state index >= 15 is 0 Å². The minimum absolute atomic E-state index is 0.0505. The summed E-state index contributed by atoms with van der Waals surface area (Å²) in [6.45, 7) is 2.27. The summed E-state index contributed by atoms with van der Waals surface area (Å²) in [5, 5.41) is 0. The van der Waals surface area contributed by atoms with Crippen molar-refractivity contribution >= 4 is 15.9 Å². The maximum absolute atomic E-state index is 12.5. The van der Waals surface area contributed by atoms with Crippen LogP contribution < -0.4 is 9.46 Å². The molecular weight excluding hydrogens is 461 g/mol. The van der Waals surface area contributed by atoms with Crippen LogP contribution >= 0.6 is 0 Å². The van der Waals surface area contributed by atoms with Crippen molar-refractivity contribution < 1.29 is 35.9 Å². The number of carbonyl (C=O) groups is 1. The first-order chi connectivity index (χ1) is 15.4. The average molecular weight is 493 g/mol. The third-order valence-electron chi connectivity index (χ3n) is 6.29. The van der Waals surface area contributed by atoms with E-state index in [1.807, 2.05) is 6.07 Å². The molecule has 0 radical (unpaired) electrons. The lowest BCUT2D eigenvalue weighted by molar-refractivity contribution is -0.274. The number of nitrogens with zero attached hydrogens (tertiary/aromatic N) is 1. The molecule has 1 N–H and O–H groups in total. The van der Waals surface area contributed by atoms with E-state index < -0.39 is 22.4 Å². The molecule has 2 aliphatic rings. The molecular formula is C22H31F3N2O5S. The first-order valence-electron chi connectivity index (χ1n) is 11.1. The number of amides is 1. The van der Waals surface area contributed by atoms with E-state index in [1.54, 1.807) is 11.0 Å². The third-order valence-corrected chi connectivity index (χ3v) is 7.02. The highest BCUT2D eigenvalue weighted by Gasteiger charge is 2.36. The molecule has 1 aromatic carbocycles. The number of alkyl halides is 3. The Kier molecular flexibility index (Phi) is 8.28. The average Bonchev–Trinajstić information content (AvgIpc) is 2.71. The second-order valence-corrected chi connectivity index (χ2v) is 10.6. The Hall–Kier alpha value is -1.85. The van der Waals surface area contributed by atoms with Gasteiger partial charge in [0, 0.05) is 19.5 Å². The molecule has 1 aromatic rings. The van der Waals surface area contributed by atoms with E-state index in [0.717, 1.165) is 37.5 Å². The molecule has 7 nitrogen and oxygen atoms in total. The second-order valence-electron chi connectivity index (χ2n) is 8.85. The summed E-state index contributed by atoms with van der Waals surface area (Å²) < 4.78 is 73.8. The molecule has 186 valence electrons. The zero-order valence-corrected chi connectivity index (χ0v) is 19.6. The summed E-state index contributed by atoms with van der Waals surface area (Å²) in [5.74, 6) is -0.220. The quantitative estimate of drug-likeness (QED) is 0.629. The summed E-state index contributed by atoms with van der Waals surface area (Å²) in [6, 6.07) is 5.33. The Bertz CT molecular complexity index is 917. The maximum atomic E-state index is 12.5. The van der Waals surface area contributed by atoms with E-state index in [9.17, 15) is 26.4 Å².